The van der Waals surface area contributed by atoms with Gasteiger partial charge in [-0.1, -0.05) is 58.8 Å². The van der Waals surface area contributed by atoms with Crippen LogP contribution in [0.5, 0.6) is 0 Å². The molecular weight excluding hydrogens is 441 g/mol. The summed E-state index contributed by atoms with van der Waals surface area (Å²) in [4.78, 5) is 32.3. The van der Waals surface area contributed by atoms with Gasteiger partial charge < -0.3 is 4.90 Å². The third-order valence-corrected chi connectivity index (χ3v) is 6.21. The number of nitrogens with zero attached hydrogens (tertiary/aromatic N) is 2. The first-order chi connectivity index (χ1) is 14.5. The predicted molar refractivity (Wildman–Crippen MR) is 121 cm³/mol. The molecule has 8 heteroatoms. The Morgan fingerprint density at radius 2 is 1.93 bits per heavy atom. The number of nitrogens with one attached hydrogen (secondary N) is 1. The molecule has 1 aliphatic rings. The second-order valence-electron chi connectivity index (χ2n) is 6.72. The van der Waals surface area contributed by atoms with E-state index < -0.39 is 0 Å². The number of thiazole rings is 1. The molecule has 1 aromatic heterocycles. The van der Waals surface area contributed by atoms with Crippen molar-refractivity contribution >= 4 is 57.6 Å². The van der Waals surface area contributed by atoms with Crippen LogP contribution in [0, 0.1) is 0 Å². The summed E-state index contributed by atoms with van der Waals surface area (Å²) in [5, 5.41) is 4.31. The molecule has 2 heterocycles. The minimum absolute atomic E-state index is 0.00279. The van der Waals surface area contributed by atoms with Crippen molar-refractivity contribution < 1.29 is 9.59 Å². The van der Waals surface area contributed by atoms with Crippen LogP contribution in [0.25, 0.3) is 6.08 Å². The van der Waals surface area contributed by atoms with Crippen LogP contribution in [-0.2, 0) is 17.8 Å². The summed E-state index contributed by atoms with van der Waals surface area (Å²) in [5.74, 6) is -0.299. The second-order valence-corrected chi connectivity index (χ2v) is 8.65. The molecule has 1 N–H and O–H groups in total. The normalized spacial score (nSPS) is 13.3. The smallest absolute Gasteiger partial charge is 0.254 e. The topological polar surface area (TPSA) is 62.3 Å². The monoisotopic (exact) mass is 457 g/mol. The lowest BCUT2D eigenvalue weighted by Gasteiger charge is -2.26. The van der Waals surface area contributed by atoms with Gasteiger partial charge in [-0.25, -0.2) is 4.98 Å². The molecule has 0 saturated carbocycles. The quantitative estimate of drug-likeness (QED) is 0.540. The van der Waals surface area contributed by atoms with Crippen molar-refractivity contribution in [3.05, 3.63) is 86.4 Å². The zero-order valence-corrected chi connectivity index (χ0v) is 18.1. The van der Waals surface area contributed by atoms with Crippen LogP contribution in [0.1, 0.15) is 26.5 Å². The lowest BCUT2D eigenvalue weighted by atomic mass is 10.1. The van der Waals surface area contributed by atoms with Crippen LogP contribution in [0.4, 0.5) is 5.13 Å². The Kier molecular flexibility index (Phi) is 6.18. The van der Waals surface area contributed by atoms with Gasteiger partial charge in [-0.3, -0.25) is 14.9 Å². The SMILES string of the molecule is O=C(/C=C/c1ccc(Cl)cc1Cl)Nc1nc2c(s1)CN(C(=O)c1ccccc1)CC2. The van der Waals surface area contributed by atoms with Gasteiger partial charge in [0, 0.05) is 39.5 Å². The number of halogens is 2. The first kappa shape index (κ1) is 20.6. The van der Waals surface area contributed by atoms with E-state index in [2.05, 4.69) is 10.3 Å². The maximum absolute atomic E-state index is 12.7. The Morgan fingerprint density at radius 1 is 1.13 bits per heavy atom. The predicted octanol–water partition coefficient (Wildman–Crippen LogP) is 5.30. The number of fused-ring (bicyclic) bond motifs is 1. The summed E-state index contributed by atoms with van der Waals surface area (Å²) in [5.41, 5.74) is 2.30. The van der Waals surface area contributed by atoms with Gasteiger partial charge in [0.05, 0.1) is 12.2 Å². The summed E-state index contributed by atoms with van der Waals surface area (Å²) >= 11 is 13.4. The van der Waals surface area contributed by atoms with E-state index in [1.807, 2.05) is 35.2 Å². The van der Waals surface area contributed by atoms with Crippen molar-refractivity contribution in [3.63, 3.8) is 0 Å². The standard InChI is InChI=1S/C22H17Cl2N3O2S/c23-16-8-6-14(17(24)12-16)7-9-20(28)26-22-25-18-10-11-27(13-19(18)30-22)21(29)15-4-2-1-3-5-15/h1-9,12H,10-11,13H2,(H,25,26,28)/b9-7+. The van der Waals surface area contributed by atoms with E-state index in [1.165, 1.54) is 17.4 Å². The highest BCUT2D eigenvalue weighted by molar-refractivity contribution is 7.15. The zero-order chi connectivity index (χ0) is 21.1. The molecule has 30 heavy (non-hydrogen) atoms. The first-order valence-electron chi connectivity index (χ1n) is 9.26. The molecule has 2 amide bonds. The van der Waals surface area contributed by atoms with Crippen LogP contribution in [0.2, 0.25) is 10.0 Å². The van der Waals surface area contributed by atoms with E-state index in [9.17, 15) is 9.59 Å². The number of hydrogen-bond donors (Lipinski definition) is 1. The van der Waals surface area contributed by atoms with Crippen molar-refractivity contribution in [2.24, 2.45) is 0 Å². The van der Waals surface area contributed by atoms with Gasteiger partial charge in [0.1, 0.15) is 0 Å². The van der Waals surface area contributed by atoms with E-state index in [0.717, 1.165) is 10.6 Å². The Hall–Kier alpha value is -2.67. The van der Waals surface area contributed by atoms with E-state index in [-0.39, 0.29) is 11.8 Å². The van der Waals surface area contributed by atoms with E-state index >= 15 is 0 Å². The zero-order valence-electron chi connectivity index (χ0n) is 15.8. The number of carbonyl (C=O) groups excluding carboxylic acids is 2. The summed E-state index contributed by atoms with van der Waals surface area (Å²) in [6.45, 7) is 1.10. The first-order valence-corrected chi connectivity index (χ1v) is 10.8. The summed E-state index contributed by atoms with van der Waals surface area (Å²) in [6.07, 6.45) is 3.69. The van der Waals surface area contributed by atoms with E-state index in [4.69, 9.17) is 23.2 Å². The maximum Gasteiger partial charge on any atom is 0.254 e. The molecule has 0 spiro atoms. The lowest BCUT2D eigenvalue weighted by molar-refractivity contribution is -0.111. The Balaban J connectivity index is 1.41. The van der Waals surface area contributed by atoms with Gasteiger partial charge in [0.15, 0.2) is 5.13 Å². The molecule has 0 atom stereocenters. The van der Waals surface area contributed by atoms with Gasteiger partial charge in [0.25, 0.3) is 5.91 Å². The minimum Gasteiger partial charge on any atom is -0.333 e. The highest BCUT2D eigenvalue weighted by Gasteiger charge is 2.25. The van der Waals surface area contributed by atoms with Crippen LogP contribution in [-0.4, -0.2) is 28.2 Å². The van der Waals surface area contributed by atoms with E-state index in [0.29, 0.717) is 45.8 Å². The molecule has 0 bridgehead atoms. The van der Waals surface area contributed by atoms with Crippen molar-refractivity contribution in [2.75, 3.05) is 11.9 Å². The number of anilines is 1. The van der Waals surface area contributed by atoms with Crippen molar-refractivity contribution in [1.29, 1.82) is 0 Å². The Labute approximate surface area is 188 Å². The molecule has 4 rings (SSSR count). The van der Waals surface area contributed by atoms with Crippen molar-refractivity contribution in [3.8, 4) is 0 Å². The molecule has 1 aliphatic heterocycles. The molecule has 152 valence electrons. The largest absolute Gasteiger partial charge is 0.333 e. The molecule has 0 unspecified atom stereocenters. The maximum atomic E-state index is 12.7. The van der Waals surface area contributed by atoms with Gasteiger partial charge in [-0.15, -0.1) is 0 Å². The molecule has 3 aromatic rings. The molecular formula is C22H17Cl2N3O2S. The summed E-state index contributed by atoms with van der Waals surface area (Å²) in [7, 11) is 0. The average Bonchev–Trinajstić information content (AvgIpc) is 3.14. The average molecular weight is 458 g/mol. The van der Waals surface area contributed by atoms with Crippen molar-refractivity contribution in [1.82, 2.24) is 9.88 Å². The van der Waals surface area contributed by atoms with Crippen LogP contribution in [0.3, 0.4) is 0 Å². The molecule has 0 radical (unpaired) electrons. The van der Waals surface area contributed by atoms with Crippen LogP contribution in [0.15, 0.2) is 54.6 Å². The summed E-state index contributed by atoms with van der Waals surface area (Å²) in [6, 6.07) is 14.3. The molecule has 2 aromatic carbocycles. The van der Waals surface area contributed by atoms with Gasteiger partial charge in [-0.2, -0.15) is 0 Å². The van der Waals surface area contributed by atoms with Gasteiger partial charge >= 0.3 is 0 Å². The molecule has 0 fully saturated rings. The third-order valence-electron chi connectivity index (χ3n) is 4.65. The fourth-order valence-corrected chi connectivity index (χ4v) is 4.63. The number of benzene rings is 2. The number of carbonyl (C=O) groups is 2. The minimum atomic E-state index is -0.302. The highest BCUT2D eigenvalue weighted by atomic mass is 35.5. The second kappa shape index (κ2) is 9.00. The van der Waals surface area contributed by atoms with Crippen LogP contribution < -0.4 is 5.32 Å². The van der Waals surface area contributed by atoms with Crippen LogP contribution >= 0.6 is 34.5 Å². The Bertz CT molecular complexity index is 1130. The third kappa shape index (κ3) is 4.73. The highest BCUT2D eigenvalue weighted by Crippen LogP contribution is 2.29. The van der Waals surface area contributed by atoms with Crippen molar-refractivity contribution in [2.45, 2.75) is 13.0 Å². The number of aromatic nitrogens is 1. The van der Waals surface area contributed by atoms with Gasteiger partial charge in [0.2, 0.25) is 5.91 Å². The molecule has 5 nitrogen and oxygen atoms in total. The summed E-state index contributed by atoms with van der Waals surface area (Å²) < 4.78 is 0. The molecule has 0 saturated heterocycles. The lowest BCUT2D eigenvalue weighted by Crippen LogP contribution is -2.35. The fraction of sp³-hybridized carbons (Fsp3) is 0.136. The fourth-order valence-electron chi connectivity index (χ4n) is 3.13. The van der Waals surface area contributed by atoms with Gasteiger partial charge in [-0.05, 0) is 35.9 Å². The Morgan fingerprint density at radius 3 is 2.70 bits per heavy atom. The van der Waals surface area contributed by atoms with E-state index in [1.54, 1.807) is 24.3 Å². The number of rotatable bonds is 4. The number of hydrogen-bond acceptors (Lipinski definition) is 4. The number of amides is 2. The molecule has 0 aliphatic carbocycles.